The Bertz CT molecular complexity index is 676. The van der Waals surface area contributed by atoms with E-state index >= 15 is 0 Å². The molecule has 10 heteroatoms. The molecular weight excluding hydrogens is 250 g/mol. The largest absolute Gasteiger partial charge is 0.316 e. The maximum Gasteiger partial charge on any atom is 0.297 e. The highest BCUT2D eigenvalue weighted by Gasteiger charge is 2.14. The van der Waals surface area contributed by atoms with Crippen molar-refractivity contribution in [2.24, 2.45) is 0 Å². The standard InChI is InChI=1S/C9H7N9O/c19-9(7-14-16-17-15-7)13-6-2-1-3-11-8(6)18-5-10-4-12-18/h1-5H,(H,13,19)(H,14,15,16,17). The third-order valence-corrected chi connectivity index (χ3v) is 2.22. The molecular formula is C9H7N9O. The highest BCUT2D eigenvalue weighted by molar-refractivity contribution is 6.02. The van der Waals surface area contributed by atoms with E-state index in [4.69, 9.17) is 0 Å². The lowest BCUT2D eigenvalue weighted by Crippen LogP contribution is -2.16. The zero-order valence-electron chi connectivity index (χ0n) is 9.43. The molecule has 0 aliphatic rings. The highest BCUT2D eigenvalue weighted by Crippen LogP contribution is 2.15. The first-order valence-corrected chi connectivity index (χ1v) is 5.19. The lowest BCUT2D eigenvalue weighted by Gasteiger charge is -2.07. The topological polar surface area (TPSA) is 127 Å². The molecule has 0 unspecified atom stereocenters. The summed E-state index contributed by atoms with van der Waals surface area (Å²) in [6.07, 6.45) is 4.44. The predicted molar refractivity (Wildman–Crippen MR) is 61.3 cm³/mol. The number of rotatable bonds is 3. The van der Waals surface area contributed by atoms with E-state index in [0.29, 0.717) is 11.5 Å². The maximum atomic E-state index is 11.8. The lowest BCUT2D eigenvalue weighted by molar-refractivity contribution is 0.101. The minimum atomic E-state index is -0.497. The Hall–Kier alpha value is -3.17. The van der Waals surface area contributed by atoms with Gasteiger partial charge in [-0.1, -0.05) is 0 Å². The molecule has 10 nitrogen and oxygen atoms in total. The molecule has 3 aromatic rings. The van der Waals surface area contributed by atoms with Crippen LogP contribution in [-0.4, -0.2) is 46.3 Å². The normalized spacial score (nSPS) is 10.3. The Labute approximate surface area is 105 Å². The van der Waals surface area contributed by atoms with Crippen LogP contribution in [0.1, 0.15) is 10.6 Å². The Balaban J connectivity index is 1.92. The van der Waals surface area contributed by atoms with Crippen molar-refractivity contribution in [1.29, 1.82) is 0 Å². The van der Waals surface area contributed by atoms with Crippen molar-refractivity contribution in [1.82, 2.24) is 40.4 Å². The summed E-state index contributed by atoms with van der Waals surface area (Å²) in [5.74, 6) is -0.117. The average Bonchev–Trinajstić information content (AvgIpc) is 3.13. The van der Waals surface area contributed by atoms with Crippen LogP contribution in [0.25, 0.3) is 5.82 Å². The third-order valence-electron chi connectivity index (χ3n) is 2.22. The van der Waals surface area contributed by atoms with Gasteiger partial charge in [0, 0.05) is 6.20 Å². The molecule has 0 saturated heterocycles. The van der Waals surface area contributed by atoms with Gasteiger partial charge in [0.05, 0.1) is 5.69 Å². The first-order valence-electron chi connectivity index (χ1n) is 5.19. The van der Waals surface area contributed by atoms with Crippen molar-refractivity contribution < 1.29 is 4.79 Å². The number of H-pyrrole nitrogens is 1. The number of amides is 1. The molecule has 0 aliphatic carbocycles. The molecule has 0 atom stereocenters. The second-order valence-electron chi connectivity index (χ2n) is 3.40. The lowest BCUT2D eigenvalue weighted by atomic mass is 10.3. The molecule has 3 heterocycles. The third kappa shape index (κ3) is 2.13. The minimum Gasteiger partial charge on any atom is -0.316 e. The monoisotopic (exact) mass is 257 g/mol. The molecule has 0 saturated carbocycles. The molecule has 0 radical (unpaired) electrons. The SMILES string of the molecule is O=C(Nc1cccnc1-n1cncn1)c1nn[nH]n1. The first-order chi connectivity index (χ1) is 9.34. The van der Waals surface area contributed by atoms with Gasteiger partial charge in [-0.2, -0.15) is 10.3 Å². The van der Waals surface area contributed by atoms with E-state index in [1.165, 1.54) is 17.3 Å². The van der Waals surface area contributed by atoms with Crippen molar-refractivity contribution in [3.8, 4) is 5.82 Å². The number of tetrazole rings is 1. The Kier molecular flexibility index (Phi) is 2.65. The van der Waals surface area contributed by atoms with Crippen molar-refractivity contribution in [3.05, 3.63) is 36.8 Å². The number of aromatic nitrogens is 8. The van der Waals surface area contributed by atoms with Crippen LogP contribution in [0.3, 0.4) is 0 Å². The number of hydrogen-bond acceptors (Lipinski definition) is 7. The van der Waals surface area contributed by atoms with Crippen LogP contribution < -0.4 is 5.32 Å². The van der Waals surface area contributed by atoms with Crippen LogP contribution >= 0.6 is 0 Å². The van der Waals surface area contributed by atoms with Crippen LogP contribution in [0, 0.1) is 0 Å². The quantitative estimate of drug-likeness (QED) is 0.642. The maximum absolute atomic E-state index is 11.8. The molecule has 3 rings (SSSR count). The van der Waals surface area contributed by atoms with Crippen molar-refractivity contribution in [2.45, 2.75) is 0 Å². The second kappa shape index (κ2) is 4.60. The molecule has 0 aromatic carbocycles. The van der Waals surface area contributed by atoms with Crippen molar-refractivity contribution >= 4 is 11.6 Å². The number of nitrogens with zero attached hydrogens (tertiary/aromatic N) is 7. The summed E-state index contributed by atoms with van der Waals surface area (Å²) in [5.41, 5.74) is 0.461. The van der Waals surface area contributed by atoms with Crippen molar-refractivity contribution in [2.75, 3.05) is 5.32 Å². The van der Waals surface area contributed by atoms with Gasteiger partial charge in [0.15, 0.2) is 5.82 Å². The molecule has 3 aromatic heterocycles. The van der Waals surface area contributed by atoms with Gasteiger partial charge in [-0.05, 0) is 17.3 Å². The van der Waals surface area contributed by atoms with Gasteiger partial charge < -0.3 is 5.32 Å². The molecule has 1 amide bonds. The second-order valence-corrected chi connectivity index (χ2v) is 3.40. The number of hydrogen-bond donors (Lipinski definition) is 2. The molecule has 0 spiro atoms. The summed E-state index contributed by atoms with van der Waals surface area (Å²) in [6.45, 7) is 0. The van der Waals surface area contributed by atoms with E-state index in [2.05, 4.69) is 41.0 Å². The zero-order chi connectivity index (χ0) is 13.1. The number of pyridine rings is 1. The molecule has 0 aliphatic heterocycles. The van der Waals surface area contributed by atoms with E-state index < -0.39 is 5.91 Å². The fourth-order valence-corrected chi connectivity index (χ4v) is 1.43. The van der Waals surface area contributed by atoms with Crippen LogP contribution in [0.15, 0.2) is 31.0 Å². The van der Waals surface area contributed by atoms with Gasteiger partial charge in [-0.25, -0.2) is 14.6 Å². The van der Waals surface area contributed by atoms with Crippen LogP contribution in [-0.2, 0) is 0 Å². The van der Waals surface area contributed by atoms with Gasteiger partial charge in [-0.3, -0.25) is 4.79 Å². The molecule has 0 fully saturated rings. The van der Waals surface area contributed by atoms with Gasteiger partial charge in [0.2, 0.25) is 0 Å². The molecule has 19 heavy (non-hydrogen) atoms. The summed E-state index contributed by atoms with van der Waals surface area (Å²) >= 11 is 0. The minimum absolute atomic E-state index is 0.0617. The fourth-order valence-electron chi connectivity index (χ4n) is 1.43. The number of carbonyl (C=O) groups is 1. The van der Waals surface area contributed by atoms with E-state index in [9.17, 15) is 4.79 Å². The van der Waals surface area contributed by atoms with E-state index in [-0.39, 0.29) is 5.82 Å². The van der Waals surface area contributed by atoms with Gasteiger partial charge in [0.25, 0.3) is 11.7 Å². The van der Waals surface area contributed by atoms with E-state index in [1.54, 1.807) is 18.3 Å². The van der Waals surface area contributed by atoms with Gasteiger partial charge >= 0.3 is 0 Å². The predicted octanol–water partition coefficient (Wildman–Crippen LogP) is -0.572. The summed E-state index contributed by atoms with van der Waals surface area (Å²) in [5, 5.41) is 19.3. The summed E-state index contributed by atoms with van der Waals surface area (Å²) in [4.78, 5) is 19.8. The van der Waals surface area contributed by atoms with E-state index in [1.807, 2.05) is 0 Å². The number of aromatic amines is 1. The molecule has 0 bridgehead atoms. The molecule has 94 valence electrons. The highest BCUT2D eigenvalue weighted by atomic mass is 16.2. The first kappa shape index (κ1) is 11.0. The molecule has 2 N–H and O–H groups in total. The average molecular weight is 257 g/mol. The van der Waals surface area contributed by atoms with Crippen LogP contribution in [0.5, 0.6) is 0 Å². The summed E-state index contributed by atoms with van der Waals surface area (Å²) in [6, 6.07) is 3.37. The van der Waals surface area contributed by atoms with E-state index in [0.717, 1.165) is 0 Å². The summed E-state index contributed by atoms with van der Waals surface area (Å²) < 4.78 is 1.44. The Morgan fingerprint density at radius 1 is 1.42 bits per heavy atom. The zero-order valence-corrected chi connectivity index (χ0v) is 9.43. The van der Waals surface area contributed by atoms with Crippen LogP contribution in [0.4, 0.5) is 5.69 Å². The fraction of sp³-hybridized carbons (Fsp3) is 0. The smallest absolute Gasteiger partial charge is 0.297 e. The Morgan fingerprint density at radius 3 is 3.11 bits per heavy atom. The summed E-state index contributed by atoms with van der Waals surface area (Å²) in [7, 11) is 0. The van der Waals surface area contributed by atoms with Crippen molar-refractivity contribution in [3.63, 3.8) is 0 Å². The van der Waals surface area contributed by atoms with Gasteiger partial charge in [-0.15, -0.1) is 10.2 Å². The number of anilines is 1. The number of carbonyl (C=O) groups excluding carboxylic acids is 1. The van der Waals surface area contributed by atoms with Gasteiger partial charge in [0.1, 0.15) is 12.7 Å². The van der Waals surface area contributed by atoms with Crippen LogP contribution in [0.2, 0.25) is 0 Å². The Morgan fingerprint density at radius 2 is 2.37 bits per heavy atom. The number of nitrogens with one attached hydrogen (secondary N) is 2.